The number of carboxylic acid groups (broad SMARTS) is 1. The Balaban J connectivity index is 2.19. The van der Waals surface area contributed by atoms with Gasteiger partial charge in [0.15, 0.2) is 0 Å². The topological polar surface area (TPSA) is 84.9 Å². The molecule has 2 unspecified atom stereocenters. The highest BCUT2D eigenvalue weighted by Gasteiger charge is 2.30. The average Bonchev–Trinajstić information content (AvgIpc) is 2.63. The number of carbonyl (C=O) groups is 2. The Hall–Kier alpha value is -1.58. The summed E-state index contributed by atoms with van der Waals surface area (Å²) in [7, 11) is 0. The minimum atomic E-state index is -1.16. The largest absolute Gasteiger partial charge is 0.487 e. The minimum Gasteiger partial charge on any atom is -0.487 e. The van der Waals surface area contributed by atoms with Gasteiger partial charge in [0.25, 0.3) is 0 Å². The zero-order valence-electron chi connectivity index (χ0n) is 17.5. The van der Waals surface area contributed by atoms with Gasteiger partial charge in [-0.2, -0.15) is 0 Å². The van der Waals surface area contributed by atoms with E-state index in [1.165, 1.54) is 0 Å². The molecule has 2 aromatic rings. The van der Waals surface area contributed by atoms with Crippen molar-refractivity contribution in [3.8, 4) is 5.75 Å². The highest BCUT2D eigenvalue weighted by molar-refractivity contribution is 9.11. The number of alkyl carbamates (subject to hydrolysis) is 1. The summed E-state index contributed by atoms with van der Waals surface area (Å²) in [4.78, 5) is 23.9. The first kappa shape index (κ1) is 25.7. The van der Waals surface area contributed by atoms with E-state index >= 15 is 0 Å². The van der Waals surface area contributed by atoms with Gasteiger partial charge in [0.2, 0.25) is 0 Å². The van der Waals surface area contributed by atoms with Crippen LogP contribution in [0.15, 0.2) is 49.8 Å². The van der Waals surface area contributed by atoms with Gasteiger partial charge in [-0.3, -0.25) is 0 Å². The van der Waals surface area contributed by atoms with E-state index in [9.17, 15) is 14.7 Å². The zero-order valence-corrected chi connectivity index (χ0v) is 22.3. The number of amides is 1. The molecule has 0 aliphatic carbocycles. The lowest BCUT2D eigenvalue weighted by molar-refractivity contribution is -0.140. The maximum absolute atomic E-state index is 12.1. The van der Waals surface area contributed by atoms with Crippen molar-refractivity contribution in [3.05, 3.63) is 60.9 Å². The molecule has 31 heavy (non-hydrogen) atoms. The Kier molecular flexibility index (Phi) is 8.97. The van der Waals surface area contributed by atoms with Crippen molar-refractivity contribution < 1.29 is 24.2 Å². The van der Waals surface area contributed by atoms with Crippen molar-refractivity contribution >= 4 is 59.9 Å². The van der Waals surface area contributed by atoms with Crippen molar-refractivity contribution in [2.75, 3.05) is 0 Å². The Bertz CT molecular complexity index is 935. The second-order valence-corrected chi connectivity index (χ2v) is 10.6. The Morgan fingerprint density at radius 2 is 1.71 bits per heavy atom. The number of ether oxygens (including phenoxy) is 2. The predicted octanol–water partition coefficient (Wildman–Crippen LogP) is 6.63. The van der Waals surface area contributed by atoms with Crippen LogP contribution >= 0.6 is 47.8 Å². The summed E-state index contributed by atoms with van der Waals surface area (Å²) < 4.78 is 13.4. The molecule has 0 heterocycles. The van der Waals surface area contributed by atoms with E-state index in [0.717, 1.165) is 10.0 Å². The van der Waals surface area contributed by atoms with Gasteiger partial charge in [0.1, 0.15) is 24.0 Å². The maximum Gasteiger partial charge on any atom is 0.408 e. The third kappa shape index (κ3) is 7.80. The molecule has 0 aliphatic rings. The van der Waals surface area contributed by atoms with Crippen LogP contribution in [0.25, 0.3) is 0 Å². The van der Waals surface area contributed by atoms with Crippen LogP contribution in [0.3, 0.4) is 0 Å². The Morgan fingerprint density at radius 3 is 2.23 bits per heavy atom. The van der Waals surface area contributed by atoms with Crippen molar-refractivity contribution in [2.45, 2.75) is 51.9 Å². The Labute approximate surface area is 207 Å². The molecule has 0 spiro atoms. The molecule has 0 bridgehead atoms. The van der Waals surface area contributed by atoms with Crippen LogP contribution in [0.5, 0.6) is 5.75 Å². The number of halogens is 3. The van der Waals surface area contributed by atoms with Crippen LogP contribution in [0.4, 0.5) is 4.79 Å². The van der Waals surface area contributed by atoms with E-state index in [2.05, 4.69) is 53.1 Å². The van der Waals surface area contributed by atoms with E-state index in [1.807, 2.05) is 24.3 Å². The van der Waals surface area contributed by atoms with Crippen LogP contribution in [-0.4, -0.2) is 28.8 Å². The van der Waals surface area contributed by atoms with Crippen LogP contribution in [0.1, 0.15) is 44.7 Å². The summed E-state index contributed by atoms with van der Waals surface area (Å²) in [6.45, 7) is 7.24. The molecule has 0 aliphatic heterocycles. The number of nitrogens with one attached hydrogen (secondary N) is 1. The summed E-state index contributed by atoms with van der Waals surface area (Å²) >= 11 is 10.5. The van der Waals surface area contributed by atoms with Crippen molar-refractivity contribution in [2.24, 2.45) is 0 Å². The van der Waals surface area contributed by atoms with Gasteiger partial charge in [-0.05, 0) is 88.0 Å². The molecule has 168 valence electrons. The van der Waals surface area contributed by atoms with E-state index in [1.54, 1.807) is 39.8 Å². The molecule has 2 aromatic carbocycles. The number of hydrogen-bond acceptors (Lipinski definition) is 4. The fourth-order valence-electron chi connectivity index (χ4n) is 2.79. The summed E-state index contributed by atoms with van der Waals surface area (Å²) in [6, 6.07) is 10.2. The number of carbonyl (C=O) groups excluding carboxylic acids is 1. The average molecular weight is 622 g/mol. The van der Waals surface area contributed by atoms with Crippen molar-refractivity contribution in [3.63, 3.8) is 0 Å². The molecule has 0 aromatic heterocycles. The lowest BCUT2D eigenvalue weighted by Crippen LogP contribution is -2.46. The van der Waals surface area contributed by atoms with Crippen LogP contribution < -0.4 is 10.1 Å². The van der Waals surface area contributed by atoms with Gasteiger partial charge >= 0.3 is 12.1 Å². The molecule has 1 amide bonds. The normalized spacial score (nSPS) is 13.3. The predicted molar refractivity (Wildman–Crippen MR) is 130 cm³/mol. The third-order valence-electron chi connectivity index (χ3n) is 4.26. The molecule has 2 rings (SSSR count). The maximum atomic E-state index is 12.1. The van der Waals surface area contributed by atoms with Gasteiger partial charge in [0.05, 0.1) is 8.95 Å². The first-order valence-electron chi connectivity index (χ1n) is 9.46. The highest BCUT2D eigenvalue weighted by atomic mass is 79.9. The van der Waals surface area contributed by atoms with Crippen LogP contribution in [0, 0.1) is 0 Å². The van der Waals surface area contributed by atoms with E-state index in [4.69, 9.17) is 9.47 Å². The van der Waals surface area contributed by atoms with E-state index in [0.29, 0.717) is 26.9 Å². The van der Waals surface area contributed by atoms with Gasteiger partial charge in [-0.1, -0.05) is 35.0 Å². The number of rotatable bonds is 7. The standard InChI is InChI=1S/C22H24Br3NO5/c1-12(18(20(27)28)26-21(29)31-22(2,3)4)14-9-16(24)19(17(25)10-14)30-11-13-6-5-7-15(23)8-13/h5-10,12,18H,11H2,1-4H3,(H,26,29)(H,27,28). The molecule has 2 atom stereocenters. The summed E-state index contributed by atoms with van der Waals surface area (Å²) in [5.41, 5.74) is 0.977. The summed E-state index contributed by atoms with van der Waals surface area (Å²) in [6.07, 6.45) is -0.779. The number of hydrogen-bond donors (Lipinski definition) is 2. The molecular weight excluding hydrogens is 598 g/mol. The quantitative estimate of drug-likeness (QED) is 0.362. The first-order valence-corrected chi connectivity index (χ1v) is 11.8. The second-order valence-electron chi connectivity index (χ2n) is 7.98. The smallest absolute Gasteiger partial charge is 0.408 e. The number of carboxylic acids is 1. The summed E-state index contributed by atoms with van der Waals surface area (Å²) in [5.74, 6) is -1.08. The van der Waals surface area contributed by atoms with Gasteiger partial charge in [-0.25, -0.2) is 9.59 Å². The highest BCUT2D eigenvalue weighted by Crippen LogP contribution is 2.38. The third-order valence-corrected chi connectivity index (χ3v) is 5.93. The van der Waals surface area contributed by atoms with E-state index in [-0.39, 0.29) is 0 Å². The van der Waals surface area contributed by atoms with Gasteiger partial charge < -0.3 is 19.9 Å². The number of benzene rings is 2. The van der Waals surface area contributed by atoms with Gasteiger partial charge in [0, 0.05) is 10.4 Å². The Morgan fingerprint density at radius 1 is 1.10 bits per heavy atom. The molecule has 0 saturated heterocycles. The number of aliphatic carboxylic acids is 1. The van der Waals surface area contributed by atoms with Gasteiger partial charge in [-0.15, -0.1) is 0 Å². The molecule has 6 nitrogen and oxygen atoms in total. The second kappa shape index (κ2) is 10.8. The lowest BCUT2D eigenvalue weighted by Gasteiger charge is -2.25. The molecule has 9 heteroatoms. The van der Waals surface area contributed by atoms with Crippen LogP contribution in [0.2, 0.25) is 0 Å². The molecule has 2 N–H and O–H groups in total. The fourth-order valence-corrected chi connectivity index (χ4v) is 4.69. The monoisotopic (exact) mass is 619 g/mol. The fraction of sp³-hybridized carbons (Fsp3) is 0.364. The lowest BCUT2D eigenvalue weighted by atomic mass is 9.93. The molecule has 0 radical (unpaired) electrons. The minimum absolute atomic E-state index is 0.365. The molecule has 0 saturated carbocycles. The van der Waals surface area contributed by atoms with E-state index < -0.39 is 29.6 Å². The SMILES string of the molecule is CC(c1cc(Br)c(OCc2cccc(Br)c2)c(Br)c1)C(NC(=O)OC(C)(C)C)C(=O)O. The molecular formula is C22H24Br3NO5. The van der Waals surface area contributed by atoms with Crippen molar-refractivity contribution in [1.82, 2.24) is 5.32 Å². The van der Waals surface area contributed by atoms with Crippen molar-refractivity contribution in [1.29, 1.82) is 0 Å². The summed E-state index contributed by atoms with van der Waals surface area (Å²) in [5, 5.41) is 12.1. The van der Waals surface area contributed by atoms with Crippen LogP contribution in [-0.2, 0) is 16.1 Å². The molecule has 0 fully saturated rings. The first-order chi connectivity index (χ1) is 14.4. The zero-order chi connectivity index (χ0) is 23.3.